The molecule has 7 heteroatoms. The maximum absolute atomic E-state index is 11.7. The fourth-order valence-corrected chi connectivity index (χ4v) is 2.96. The number of nitrogens with one attached hydrogen (secondary N) is 2. The van der Waals surface area contributed by atoms with Crippen LogP contribution in [-0.4, -0.2) is 28.3 Å². The Bertz CT molecular complexity index is 786. The maximum atomic E-state index is 11.7. The molecule has 0 aliphatic carbocycles. The summed E-state index contributed by atoms with van der Waals surface area (Å²) in [5, 5.41) is 3.77. The van der Waals surface area contributed by atoms with Gasteiger partial charge < -0.3 is 19.8 Å². The van der Waals surface area contributed by atoms with Crippen LogP contribution in [0.25, 0.3) is 0 Å². The second-order valence-corrected chi connectivity index (χ2v) is 6.82. The van der Waals surface area contributed by atoms with E-state index in [0.717, 1.165) is 5.56 Å². The van der Waals surface area contributed by atoms with E-state index in [4.69, 9.17) is 28.6 Å². The number of anilines is 1. The van der Waals surface area contributed by atoms with Crippen LogP contribution < -0.4 is 5.32 Å². The van der Waals surface area contributed by atoms with Crippen molar-refractivity contribution in [3.8, 4) is 0 Å². The Morgan fingerprint density at radius 2 is 2.00 bits per heavy atom. The maximum Gasteiger partial charge on any atom is 0.354 e. The molecule has 1 unspecified atom stereocenters. The summed E-state index contributed by atoms with van der Waals surface area (Å²) in [6.07, 6.45) is 2.60. The lowest BCUT2D eigenvalue weighted by Gasteiger charge is -2.18. The minimum absolute atomic E-state index is 0.0643. The summed E-state index contributed by atoms with van der Waals surface area (Å²) >= 11 is 11.4. The van der Waals surface area contributed by atoms with Crippen molar-refractivity contribution < 1.29 is 14.3 Å². The van der Waals surface area contributed by atoms with E-state index >= 15 is 0 Å². The van der Waals surface area contributed by atoms with E-state index in [-0.39, 0.29) is 11.7 Å². The van der Waals surface area contributed by atoms with Crippen LogP contribution in [0.3, 0.4) is 0 Å². The lowest BCUT2D eigenvalue weighted by molar-refractivity contribution is -0.117. The number of Topliss-reactive ketones (excluding diaryl/α,β-unsaturated/α-hetero) is 1. The normalized spacial score (nSPS) is 11.7. The first kappa shape index (κ1) is 20.1. The van der Waals surface area contributed by atoms with Gasteiger partial charge in [-0.25, -0.2) is 4.79 Å². The third-order valence-electron chi connectivity index (χ3n) is 3.75. The Hall–Kier alpha value is -2.18. The molecule has 1 atom stereocenters. The number of halogens is 1. The highest BCUT2D eigenvalue weighted by Crippen LogP contribution is 2.20. The topological polar surface area (TPSA) is 71.2 Å². The minimum atomic E-state index is -0.423. The van der Waals surface area contributed by atoms with Crippen LogP contribution >= 0.6 is 23.8 Å². The van der Waals surface area contributed by atoms with Gasteiger partial charge in [0.1, 0.15) is 11.5 Å². The van der Waals surface area contributed by atoms with E-state index < -0.39 is 5.97 Å². The van der Waals surface area contributed by atoms with Crippen LogP contribution in [0.2, 0.25) is 5.02 Å². The Morgan fingerprint density at radius 1 is 1.31 bits per heavy atom. The van der Waals surface area contributed by atoms with Gasteiger partial charge in [0.05, 0.1) is 17.3 Å². The van der Waals surface area contributed by atoms with Crippen molar-refractivity contribution in [3.05, 3.63) is 52.8 Å². The van der Waals surface area contributed by atoms with E-state index in [1.165, 1.54) is 0 Å². The number of ketones is 1. The molecular formula is C19H21ClN2O3S. The summed E-state index contributed by atoms with van der Waals surface area (Å²) in [7, 11) is 0. The lowest BCUT2D eigenvalue weighted by Crippen LogP contribution is -2.24. The zero-order valence-electron chi connectivity index (χ0n) is 14.7. The van der Waals surface area contributed by atoms with E-state index in [2.05, 4.69) is 10.3 Å². The first-order valence-corrected chi connectivity index (χ1v) is 9.08. The monoisotopic (exact) mass is 392 g/mol. The van der Waals surface area contributed by atoms with Gasteiger partial charge in [-0.2, -0.15) is 0 Å². The van der Waals surface area contributed by atoms with Crippen molar-refractivity contribution in [2.45, 2.75) is 26.7 Å². The predicted molar refractivity (Wildman–Crippen MR) is 107 cm³/mol. The molecule has 0 bridgehead atoms. The Balaban J connectivity index is 2.07. The van der Waals surface area contributed by atoms with Crippen molar-refractivity contribution in [1.82, 2.24) is 4.98 Å². The predicted octanol–water partition coefficient (Wildman–Crippen LogP) is 4.42. The van der Waals surface area contributed by atoms with Crippen molar-refractivity contribution in [3.63, 3.8) is 0 Å². The Kier molecular flexibility index (Phi) is 7.36. The van der Waals surface area contributed by atoms with E-state index in [9.17, 15) is 9.59 Å². The number of hydrogen-bond acceptors (Lipinski definition) is 4. The van der Waals surface area contributed by atoms with Crippen molar-refractivity contribution in [2.24, 2.45) is 5.92 Å². The molecule has 138 valence electrons. The second-order valence-electron chi connectivity index (χ2n) is 5.95. The van der Waals surface area contributed by atoms with Crippen LogP contribution in [0, 0.1) is 5.92 Å². The number of esters is 1. The van der Waals surface area contributed by atoms with Crippen molar-refractivity contribution >= 4 is 46.2 Å². The van der Waals surface area contributed by atoms with E-state index in [0.29, 0.717) is 40.8 Å². The van der Waals surface area contributed by atoms with Crippen LogP contribution in [0.15, 0.2) is 36.5 Å². The number of aromatic amines is 1. The third-order valence-corrected chi connectivity index (χ3v) is 4.43. The molecule has 0 saturated carbocycles. The fourth-order valence-electron chi connectivity index (χ4n) is 2.55. The number of carbonyl (C=O) groups is 2. The van der Waals surface area contributed by atoms with Crippen LogP contribution in [0.5, 0.6) is 0 Å². The molecule has 0 spiro atoms. The van der Waals surface area contributed by atoms with Crippen molar-refractivity contribution in [1.29, 1.82) is 0 Å². The van der Waals surface area contributed by atoms with Crippen molar-refractivity contribution in [2.75, 3.05) is 11.9 Å². The van der Waals surface area contributed by atoms with Crippen LogP contribution in [0.4, 0.5) is 5.69 Å². The number of H-pyrrole nitrogens is 1. The molecule has 2 rings (SSSR count). The summed E-state index contributed by atoms with van der Waals surface area (Å²) < 4.78 is 4.95. The molecule has 26 heavy (non-hydrogen) atoms. The minimum Gasteiger partial charge on any atom is -0.461 e. The highest BCUT2D eigenvalue weighted by atomic mass is 35.5. The second kappa shape index (κ2) is 9.50. The Labute approximate surface area is 163 Å². The average Bonchev–Trinajstić information content (AvgIpc) is 3.04. The van der Waals surface area contributed by atoms with Gasteiger partial charge in [-0.1, -0.05) is 36.0 Å². The number of aromatic nitrogens is 1. The summed E-state index contributed by atoms with van der Waals surface area (Å²) in [5.41, 5.74) is 2.05. The first-order chi connectivity index (χ1) is 12.4. The lowest BCUT2D eigenvalue weighted by atomic mass is 9.94. The molecule has 0 aliphatic heterocycles. The number of hydrogen-bond donors (Lipinski definition) is 2. The van der Waals surface area contributed by atoms with Gasteiger partial charge in [0.25, 0.3) is 0 Å². The molecule has 2 N–H and O–H groups in total. The molecule has 5 nitrogen and oxygen atoms in total. The molecule has 0 amide bonds. The third kappa shape index (κ3) is 5.97. The van der Waals surface area contributed by atoms with Gasteiger partial charge in [0.15, 0.2) is 0 Å². The highest BCUT2D eigenvalue weighted by Gasteiger charge is 2.19. The zero-order chi connectivity index (χ0) is 19.1. The molecule has 1 heterocycles. The van der Waals surface area contributed by atoms with Gasteiger partial charge in [0, 0.05) is 23.6 Å². The highest BCUT2D eigenvalue weighted by molar-refractivity contribution is 7.80. The first-order valence-electron chi connectivity index (χ1n) is 8.29. The average molecular weight is 393 g/mol. The summed E-state index contributed by atoms with van der Waals surface area (Å²) in [4.78, 5) is 26.8. The molecule has 0 aliphatic rings. The SMILES string of the molecule is CCOC(=O)c1cc(NC(=S)C(CC(C)=O)Cc2ccc(Cl)cc2)c[nH]1. The van der Waals surface area contributed by atoms with Gasteiger partial charge >= 0.3 is 5.97 Å². The quantitative estimate of drug-likeness (QED) is 0.514. The standard InChI is InChI=1S/C19H21ClN2O3S/c1-3-25-19(24)17-10-16(11-21-17)22-18(26)14(8-12(2)23)9-13-4-6-15(20)7-5-13/h4-7,10-11,14,21H,3,8-9H2,1-2H3,(H,22,26). The largest absolute Gasteiger partial charge is 0.461 e. The van der Waals surface area contributed by atoms with Gasteiger partial charge in [-0.3, -0.25) is 0 Å². The molecule has 1 aromatic heterocycles. The van der Waals surface area contributed by atoms with Crippen LogP contribution in [0.1, 0.15) is 36.3 Å². The summed E-state index contributed by atoms with van der Waals surface area (Å²) in [6, 6.07) is 9.11. The molecule has 2 aromatic rings. The smallest absolute Gasteiger partial charge is 0.354 e. The number of ether oxygens (including phenoxy) is 1. The molecule has 0 radical (unpaired) electrons. The number of carbonyl (C=O) groups excluding carboxylic acids is 2. The molecule has 1 aromatic carbocycles. The van der Waals surface area contributed by atoms with E-state index in [1.54, 1.807) is 26.1 Å². The van der Waals surface area contributed by atoms with Crippen LogP contribution in [-0.2, 0) is 16.0 Å². The van der Waals surface area contributed by atoms with Gasteiger partial charge in [0.2, 0.25) is 0 Å². The van der Waals surface area contributed by atoms with E-state index in [1.807, 2.05) is 24.3 Å². The Morgan fingerprint density at radius 3 is 2.62 bits per heavy atom. The molecule has 0 saturated heterocycles. The van der Waals surface area contributed by atoms with Gasteiger partial charge in [-0.15, -0.1) is 0 Å². The zero-order valence-corrected chi connectivity index (χ0v) is 16.2. The summed E-state index contributed by atoms with van der Waals surface area (Å²) in [5.74, 6) is -0.507. The number of rotatable bonds is 8. The number of thiocarbonyl (C=S) groups is 1. The van der Waals surface area contributed by atoms with Gasteiger partial charge in [-0.05, 0) is 44.0 Å². The molecular weight excluding hydrogens is 372 g/mol. The fraction of sp³-hybridized carbons (Fsp3) is 0.316. The molecule has 0 fully saturated rings. The number of benzene rings is 1. The summed E-state index contributed by atoms with van der Waals surface area (Å²) in [6.45, 7) is 3.60.